The number of hydrogen-bond acceptors (Lipinski definition) is 4. The van der Waals surface area contributed by atoms with E-state index < -0.39 is 29.0 Å². The highest BCUT2D eigenvalue weighted by Gasteiger charge is 2.35. The lowest BCUT2D eigenvalue weighted by molar-refractivity contribution is -0.137. The normalized spacial score (nSPS) is 10.6. The predicted octanol–water partition coefficient (Wildman–Crippen LogP) is 2.46. The zero-order valence-electron chi connectivity index (χ0n) is 8.54. The average Bonchev–Trinajstić information content (AvgIpc) is 2.27. The number of benzene rings is 1. The van der Waals surface area contributed by atoms with Gasteiger partial charge >= 0.3 is 12.1 Å². The predicted molar refractivity (Wildman–Crippen MR) is 50.6 cm³/mol. The first-order valence-electron chi connectivity index (χ1n) is 4.28. The lowest BCUT2D eigenvalue weighted by Crippen LogP contribution is -2.09. The SMILES string of the molecule is COC(=O)c1cccc(C(F)(F)F)c1N=C=O. The van der Waals surface area contributed by atoms with Gasteiger partial charge in [-0.1, -0.05) is 6.07 Å². The quantitative estimate of drug-likeness (QED) is 0.457. The number of carbonyl (C=O) groups is 1. The van der Waals surface area contributed by atoms with E-state index in [0.717, 1.165) is 25.3 Å². The molecule has 0 N–H and O–H groups in total. The maximum atomic E-state index is 12.6. The summed E-state index contributed by atoms with van der Waals surface area (Å²) in [4.78, 5) is 24.2. The fourth-order valence-electron chi connectivity index (χ4n) is 1.21. The second-order valence-electron chi connectivity index (χ2n) is 2.89. The number of methoxy groups -OCH3 is 1. The molecule has 0 saturated carbocycles. The van der Waals surface area contributed by atoms with E-state index in [1.54, 1.807) is 0 Å². The van der Waals surface area contributed by atoms with Crippen molar-refractivity contribution in [2.75, 3.05) is 7.11 Å². The van der Waals surface area contributed by atoms with Gasteiger partial charge in [0.05, 0.1) is 18.2 Å². The molecule has 1 aromatic rings. The average molecular weight is 245 g/mol. The van der Waals surface area contributed by atoms with E-state index in [1.807, 2.05) is 0 Å². The Bertz CT molecular complexity index is 490. The van der Waals surface area contributed by atoms with Crippen molar-refractivity contribution in [3.63, 3.8) is 0 Å². The number of isocyanates is 1. The standard InChI is InChI=1S/C10H6F3NO3/c1-17-9(16)6-3-2-4-7(10(11,12)13)8(6)14-5-15/h2-4H,1H3. The number of alkyl halides is 3. The van der Waals surface area contributed by atoms with Crippen molar-refractivity contribution in [3.05, 3.63) is 29.3 Å². The number of aliphatic imine (C=N–C) groups is 1. The Morgan fingerprint density at radius 1 is 1.41 bits per heavy atom. The molecule has 4 nitrogen and oxygen atoms in total. The van der Waals surface area contributed by atoms with Crippen LogP contribution >= 0.6 is 0 Å². The monoisotopic (exact) mass is 245 g/mol. The number of hydrogen-bond donors (Lipinski definition) is 0. The van der Waals surface area contributed by atoms with Crippen LogP contribution in [-0.4, -0.2) is 19.2 Å². The minimum Gasteiger partial charge on any atom is -0.465 e. The molecular formula is C10H6F3NO3. The van der Waals surface area contributed by atoms with Crippen molar-refractivity contribution >= 4 is 17.7 Å². The molecule has 0 radical (unpaired) electrons. The van der Waals surface area contributed by atoms with E-state index in [-0.39, 0.29) is 0 Å². The van der Waals surface area contributed by atoms with Crippen LogP contribution < -0.4 is 0 Å². The van der Waals surface area contributed by atoms with Crippen LogP contribution in [0.3, 0.4) is 0 Å². The number of rotatable bonds is 2. The lowest BCUT2D eigenvalue weighted by atomic mass is 10.1. The second-order valence-corrected chi connectivity index (χ2v) is 2.89. The van der Waals surface area contributed by atoms with Crippen LogP contribution in [0, 0.1) is 0 Å². The van der Waals surface area contributed by atoms with Crippen LogP contribution in [0.5, 0.6) is 0 Å². The van der Waals surface area contributed by atoms with Gasteiger partial charge in [-0.2, -0.15) is 18.2 Å². The Morgan fingerprint density at radius 2 is 2.06 bits per heavy atom. The molecule has 0 bridgehead atoms. The summed E-state index contributed by atoms with van der Waals surface area (Å²) in [6, 6.07) is 2.82. The minimum absolute atomic E-state index is 0.439. The Hall–Kier alpha value is -2.14. The molecule has 0 heterocycles. The van der Waals surface area contributed by atoms with Gasteiger partial charge in [-0.15, -0.1) is 0 Å². The first kappa shape index (κ1) is 12.9. The van der Waals surface area contributed by atoms with Crippen molar-refractivity contribution in [1.29, 1.82) is 0 Å². The molecule has 0 aliphatic carbocycles. The van der Waals surface area contributed by atoms with Crippen molar-refractivity contribution in [1.82, 2.24) is 0 Å². The molecule has 0 aromatic heterocycles. The Labute approximate surface area is 93.7 Å². The smallest absolute Gasteiger partial charge is 0.418 e. The number of esters is 1. The zero-order chi connectivity index (χ0) is 13.1. The largest absolute Gasteiger partial charge is 0.465 e. The fraction of sp³-hybridized carbons (Fsp3) is 0.200. The summed E-state index contributed by atoms with van der Waals surface area (Å²) in [6.07, 6.45) is -3.74. The van der Waals surface area contributed by atoms with Crippen molar-refractivity contribution in [2.45, 2.75) is 6.18 Å². The maximum Gasteiger partial charge on any atom is 0.418 e. The van der Waals surface area contributed by atoms with Crippen LogP contribution in [0.1, 0.15) is 15.9 Å². The van der Waals surface area contributed by atoms with Gasteiger partial charge in [-0.05, 0) is 12.1 Å². The summed E-state index contributed by atoms with van der Waals surface area (Å²) < 4.78 is 42.0. The number of nitrogens with zero attached hydrogens (tertiary/aromatic N) is 1. The van der Waals surface area contributed by atoms with E-state index in [4.69, 9.17) is 0 Å². The van der Waals surface area contributed by atoms with Crippen LogP contribution in [0.25, 0.3) is 0 Å². The van der Waals surface area contributed by atoms with Gasteiger partial charge in [-0.25, -0.2) is 9.59 Å². The first-order chi connectivity index (χ1) is 7.91. The van der Waals surface area contributed by atoms with Crippen LogP contribution in [0.4, 0.5) is 18.9 Å². The van der Waals surface area contributed by atoms with Gasteiger partial charge in [0.25, 0.3) is 0 Å². The molecule has 0 aliphatic heterocycles. The van der Waals surface area contributed by atoms with Crippen molar-refractivity contribution in [2.24, 2.45) is 4.99 Å². The van der Waals surface area contributed by atoms with Crippen molar-refractivity contribution < 1.29 is 27.5 Å². The van der Waals surface area contributed by atoms with Gasteiger partial charge in [0.15, 0.2) is 0 Å². The summed E-state index contributed by atoms with van der Waals surface area (Å²) in [5.41, 5.74) is -2.42. The van der Waals surface area contributed by atoms with Crippen LogP contribution in [0.15, 0.2) is 23.2 Å². The Kier molecular flexibility index (Phi) is 3.65. The van der Waals surface area contributed by atoms with E-state index in [1.165, 1.54) is 0 Å². The molecule has 0 amide bonds. The summed E-state index contributed by atoms with van der Waals surface area (Å²) >= 11 is 0. The third-order valence-corrected chi connectivity index (χ3v) is 1.90. The number of carbonyl (C=O) groups excluding carboxylic acids is 2. The fourth-order valence-corrected chi connectivity index (χ4v) is 1.21. The topological polar surface area (TPSA) is 55.7 Å². The van der Waals surface area contributed by atoms with Gasteiger partial charge in [-0.3, -0.25) is 0 Å². The summed E-state index contributed by atoms with van der Waals surface area (Å²) in [7, 11) is 1.01. The Balaban J connectivity index is 3.53. The van der Waals surface area contributed by atoms with Crippen LogP contribution in [0.2, 0.25) is 0 Å². The summed E-state index contributed by atoms with van der Waals surface area (Å²) in [5.74, 6) is -1.01. The van der Waals surface area contributed by atoms with Crippen LogP contribution in [-0.2, 0) is 15.7 Å². The second kappa shape index (κ2) is 4.80. The first-order valence-corrected chi connectivity index (χ1v) is 4.28. The van der Waals surface area contributed by atoms with Crippen molar-refractivity contribution in [3.8, 4) is 0 Å². The molecule has 7 heteroatoms. The summed E-state index contributed by atoms with van der Waals surface area (Å²) in [6.45, 7) is 0. The molecular weight excluding hydrogens is 239 g/mol. The molecule has 1 aromatic carbocycles. The van der Waals surface area contributed by atoms with E-state index in [9.17, 15) is 22.8 Å². The van der Waals surface area contributed by atoms with Gasteiger partial charge in [0.1, 0.15) is 5.69 Å². The minimum atomic E-state index is -4.72. The number of ether oxygens (including phenoxy) is 1. The molecule has 0 atom stereocenters. The highest BCUT2D eigenvalue weighted by molar-refractivity contribution is 5.96. The number of halogens is 3. The maximum absolute atomic E-state index is 12.6. The molecule has 0 fully saturated rings. The van der Waals surface area contributed by atoms with E-state index in [0.29, 0.717) is 6.07 Å². The molecule has 0 saturated heterocycles. The summed E-state index contributed by atoms with van der Waals surface area (Å²) in [5, 5.41) is 0. The zero-order valence-corrected chi connectivity index (χ0v) is 8.54. The van der Waals surface area contributed by atoms with E-state index in [2.05, 4.69) is 9.73 Å². The highest BCUT2D eigenvalue weighted by Crippen LogP contribution is 2.38. The molecule has 90 valence electrons. The third-order valence-electron chi connectivity index (χ3n) is 1.90. The molecule has 0 aliphatic rings. The van der Waals surface area contributed by atoms with Gasteiger partial charge in [0, 0.05) is 0 Å². The van der Waals surface area contributed by atoms with E-state index >= 15 is 0 Å². The molecule has 1 rings (SSSR count). The van der Waals surface area contributed by atoms with Gasteiger partial charge < -0.3 is 4.74 Å². The van der Waals surface area contributed by atoms with Gasteiger partial charge in [0.2, 0.25) is 6.08 Å². The number of para-hydroxylation sites is 1. The molecule has 0 spiro atoms. The Morgan fingerprint density at radius 3 is 2.53 bits per heavy atom. The third kappa shape index (κ3) is 2.70. The highest BCUT2D eigenvalue weighted by atomic mass is 19.4. The molecule has 17 heavy (non-hydrogen) atoms. The molecule has 0 unspecified atom stereocenters. The lowest BCUT2D eigenvalue weighted by Gasteiger charge is -2.11.